The number of benzene rings is 1. The fourth-order valence-electron chi connectivity index (χ4n) is 2.13. The molecule has 3 rings (SSSR count). The van der Waals surface area contributed by atoms with Gasteiger partial charge in [-0.25, -0.2) is 9.97 Å². The number of aromatic nitrogens is 2. The smallest absolute Gasteiger partial charge is 0.235 e. The van der Waals surface area contributed by atoms with Crippen LogP contribution in [0.5, 0.6) is 0 Å². The van der Waals surface area contributed by atoms with Gasteiger partial charge in [-0.2, -0.15) is 0 Å². The molecule has 1 N–H and O–H groups in total. The third-order valence-electron chi connectivity index (χ3n) is 3.21. The van der Waals surface area contributed by atoms with Crippen LogP contribution >= 0.6 is 11.8 Å². The summed E-state index contributed by atoms with van der Waals surface area (Å²) in [5.41, 5.74) is 2.63. The maximum absolute atomic E-state index is 11.9. The SMILES string of the molecule is Cc1cccc(NC(=O)CSCc2coc(-c3ccccc3)n2)n1. The van der Waals surface area contributed by atoms with E-state index in [1.54, 1.807) is 12.3 Å². The van der Waals surface area contributed by atoms with Gasteiger partial charge >= 0.3 is 0 Å². The molecular formula is C18H17N3O2S. The minimum absolute atomic E-state index is 0.0788. The van der Waals surface area contributed by atoms with Gasteiger partial charge in [0.15, 0.2) is 0 Å². The largest absolute Gasteiger partial charge is 0.444 e. The zero-order chi connectivity index (χ0) is 16.8. The summed E-state index contributed by atoms with van der Waals surface area (Å²) in [5.74, 6) is 2.05. The summed E-state index contributed by atoms with van der Waals surface area (Å²) in [5, 5.41) is 2.79. The lowest BCUT2D eigenvalue weighted by Gasteiger charge is -2.04. The second kappa shape index (κ2) is 7.79. The number of rotatable bonds is 6. The number of amides is 1. The van der Waals surface area contributed by atoms with E-state index in [1.165, 1.54) is 11.8 Å². The van der Waals surface area contributed by atoms with E-state index in [2.05, 4.69) is 15.3 Å². The molecule has 0 fully saturated rings. The van der Waals surface area contributed by atoms with Crippen molar-refractivity contribution in [3.63, 3.8) is 0 Å². The average molecular weight is 339 g/mol. The van der Waals surface area contributed by atoms with Crippen molar-refractivity contribution in [3.8, 4) is 11.5 Å². The van der Waals surface area contributed by atoms with Crippen molar-refractivity contribution in [2.45, 2.75) is 12.7 Å². The van der Waals surface area contributed by atoms with Gasteiger partial charge in [0.05, 0.1) is 11.4 Å². The van der Waals surface area contributed by atoms with E-state index in [0.717, 1.165) is 17.0 Å². The second-order valence-corrected chi connectivity index (χ2v) is 6.20. The van der Waals surface area contributed by atoms with Gasteiger partial charge in [0.2, 0.25) is 11.8 Å². The van der Waals surface area contributed by atoms with Gasteiger partial charge in [0, 0.05) is 17.0 Å². The van der Waals surface area contributed by atoms with Crippen LogP contribution in [0.15, 0.2) is 59.2 Å². The number of aryl methyl sites for hydroxylation is 1. The number of nitrogens with zero attached hydrogens (tertiary/aromatic N) is 2. The van der Waals surface area contributed by atoms with E-state index in [4.69, 9.17) is 4.42 Å². The van der Waals surface area contributed by atoms with Gasteiger partial charge in [-0.15, -0.1) is 11.8 Å². The number of nitrogens with one attached hydrogen (secondary N) is 1. The molecule has 3 aromatic rings. The van der Waals surface area contributed by atoms with Crippen LogP contribution in [-0.4, -0.2) is 21.6 Å². The zero-order valence-electron chi connectivity index (χ0n) is 13.2. The molecule has 0 aliphatic heterocycles. The fraction of sp³-hybridized carbons (Fsp3) is 0.167. The lowest BCUT2D eigenvalue weighted by molar-refractivity contribution is -0.113. The first-order valence-corrected chi connectivity index (χ1v) is 8.67. The lowest BCUT2D eigenvalue weighted by atomic mass is 10.2. The van der Waals surface area contributed by atoms with Gasteiger partial charge < -0.3 is 9.73 Å². The molecule has 122 valence electrons. The number of carbonyl (C=O) groups excluding carboxylic acids is 1. The summed E-state index contributed by atoms with van der Waals surface area (Å²) >= 11 is 1.48. The number of hydrogen-bond acceptors (Lipinski definition) is 5. The van der Waals surface area contributed by atoms with Crippen LogP contribution < -0.4 is 5.32 Å². The van der Waals surface area contributed by atoms with Crippen molar-refractivity contribution in [1.29, 1.82) is 0 Å². The monoisotopic (exact) mass is 339 g/mol. The molecule has 1 aromatic carbocycles. The highest BCUT2D eigenvalue weighted by Crippen LogP contribution is 2.20. The predicted molar refractivity (Wildman–Crippen MR) is 95.7 cm³/mol. The van der Waals surface area contributed by atoms with Gasteiger partial charge in [0.1, 0.15) is 12.1 Å². The molecule has 0 aliphatic rings. The average Bonchev–Trinajstić information content (AvgIpc) is 3.04. The first kappa shape index (κ1) is 16.3. The molecule has 2 aromatic heterocycles. The van der Waals surface area contributed by atoms with Crippen LogP contribution in [0.25, 0.3) is 11.5 Å². The molecule has 24 heavy (non-hydrogen) atoms. The highest BCUT2D eigenvalue weighted by Gasteiger charge is 2.08. The zero-order valence-corrected chi connectivity index (χ0v) is 14.0. The molecule has 0 aliphatic carbocycles. The van der Waals surface area contributed by atoms with E-state index in [0.29, 0.717) is 23.2 Å². The van der Waals surface area contributed by atoms with Gasteiger partial charge in [-0.3, -0.25) is 4.79 Å². The molecular weight excluding hydrogens is 322 g/mol. The standard InChI is InChI=1S/C18H17N3O2S/c1-13-6-5-9-16(19-13)21-17(22)12-24-11-15-10-23-18(20-15)14-7-3-2-4-8-14/h2-10H,11-12H2,1H3,(H,19,21,22). The number of carbonyl (C=O) groups is 1. The van der Waals surface area contributed by atoms with Crippen LogP contribution in [0.2, 0.25) is 0 Å². The maximum Gasteiger partial charge on any atom is 0.235 e. The highest BCUT2D eigenvalue weighted by atomic mass is 32.2. The Morgan fingerprint density at radius 2 is 1.96 bits per heavy atom. The molecule has 0 saturated carbocycles. The summed E-state index contributed by atoms with van der Waals surface area (Å²) in [6.07, 6.45) is 1.63. The second-order valence-electron chi connectivity index (χ2n) is 5.22. The van der Waals surface area contributed by atoms with Gasteiger partial charge in [-0.1, -0.05) is 24.3 Å². The van der Waals surface area contributed by atoms with E-state index >= 15 is 0 Å². The van der Waals surface area contributed by atoms with E-state index < -0.39 is 0 Å². The Labute approximate surface area is 144 Å². The van der Waals surface area contributed by atoms with Crippen molar-refractivity contribution in [2.75, 3.05) is 11.1 Å². The molecule has 0 radical (unpaired) electrons. The van der Waals surface area contributed by atoms with Crippen LogP contribution in [0, 0.1) is 6.92 Å². The minimum Gasteiger partial charge on any atom is -0.444 e. The Bertz CT molecular complexity index is 818. The molecule has 0 spiro atoms. The summed E-state index contributed by atoms with van der Waals surface area (Å²) in [4.78, 5) is 20.6. The van der Waals surface area contributed by atoms with Crippen molar-refractivity contribution < 1.29 is 9.21 Å². The van der Waals surface area contributed by atoms with E-state index in [-0.39, 0.29) is 5.91 Å². The number of oxazole rings is 1. The molecule has 6 heteroatoms. The highest BCUT2D eigenvalue weighted by molar-refractivity contribution is 7.99. The predicted octanol–water partition coefficient (Wildman–Crippen LogP) is 3.92. The Balaban J connectivity index is 1.48. The summed E-state index contributed by atoms with van der Waals surface area (Å²) in [6, 6.07) is 15.3. The van der Waals surface area contributed by atoms with Crippen LogP contribution in [-0.2, 0) is 10.5 Å². The topological polar surface area (TPSA) is 68.0 Å². The molecule has 0 atom stereocenters. The van der Waals surface area contributed by atoms with Gasteiger partial charge in [-0.05, 0) is 31.2 Å². The number of hydrogen-bond donors (Lipinski definition) is 1. The summed E-state index contributed by atoms with van der Waals surface area (Å²) in [7, 11) is 0. The van der Waals surface area contributed by atoms with Crippen molar-refractivity contribution in [1.82, 2.24) is 9.97 Å². The molecule has 0 unspecified atom stereocenters. The van der Waals surface area contributed by atoms with Gasteiger partial charge in [0.25, 0.3) is 0 Å². The first-order valence-electron chi connectivity index (χ1n) is 7.52. The molecule has 0 bridgehead atoms. The summed E-state index contributed by atoms with van der Waals surface area (Å²) < 4.78 is 5.48. The Kier molecular flexibility index (Phi) is 5.28. The normalized spacial score (nSPS) is 10.5. The maximum atomic E-state index is 11.9. The Hall–Kier alpha value is -2.60. The summed E-state index contributed by atoms with van der Waals surface area (Å²) in [6.45, 7) is 1.89. The quantitative estimate of drug-likeness (QED) is 0.737. The van der Waals surface area contributed by atoms with E-state index in [1.807, 2.05) is 49.4 Å². The Morgan fingerprint density at radius 3 is 2.75 bits per heavy atom. The number of thioether (sulfide) groups is 1. The van der Waals surface area contributed by atoms with E-state index in [9.17, 15) is 4.79 Å². The number of anilines is 1. The lowest BCUT2D eigenvalue weighted by Crippen LogP contribution is -2.15. The molecule has 5 nitrogen and oxygen atoms in total. The minimum atomic E-state index is -0.0788. The number of pyridine rings is 1. The third-order valence-corrected chi connectivity index (χ3v) is 4.18. The Morgan fingerprint density at radius 1 is 1.12 bits per heavy atom. The molecule has 0 saturated heterocycles. The van der Waals surface area contributed by atoms with Crippen LogP contribution in [0.1, 0.15) is 11.4 Å². The molecule has 2 heterocycles. The molecule has 1 amide bonds. The van der Waals surface area contributed by atoms with Crippen molar-refractivity contribution >= 4 is 23.5 Å². The van der Waals surface area contributed by atoms with Crippen LogP contribution in [0.3, 0.4) is 0 Å². The van der Waals surface area contributed by atoms with Crippen molar-refractivity contribution in [3.05, 3.63) is 66.2 Å². The fourth-order valence-corrected chi connectivity index (χ4v) is 2.83. The van der Waals surface area contributed by atoms with Crippen LogP contribution in [0.4, 0.5) is 5.82 Å². The van der Waals surface area contributed by atoms with Crippen molar-refractivity contribution in [2.24, 2.45) is 0 Å². The third kappa shape index (κ3) is 4.45. The first-order chi connectivity index (χ1) is 11.7.